The van der Waals surface area contributed by atoms with Crippen molar-refractivity contribution in [3.05, 3.63) is 42.0 Å². The first-order chi connectivity index (χ1) is 7.22. The molecule has 1 aliphatic rings. The molecule has 1 unspecified atom stereocenters. The molecule has 1 aliphatic heterocycles. The number of hydrogen-bond donors (Lipinski definition) is 2. The number of nitrogens with zero attached hydrogens (tertiary/aromatic N) is 1. The van der Waals surface area contributed by atoms with Crippen LogP contribution in [0, 0.1) is 0 Å². The Balaban J connectivity index is 2.29. The van der Waals surface area contributed by atoms with Crippen LogP contribution in [0.5, 0.6) is 0 Å². The molecule has 1 aromatic rings. The zero-order valence-corrected chi connectivity index (χ0v) is 8.18. The van der Waals surface area contributed by atoms with E-state index in [2.05, 4.69) is 11.9 Å². The van der Waals surface area contributed by atoms with Gasteiger partial charge in [-0.1, -0.05) is 30.9 Å². The molecule has 1 heterocycles. The highest BCUT2D eigenvalue weighted by Crippen LogP contribution is 2.21. The van der Waals surface area contributed by atoms with Gasteiger partial charge in [-0.25, -0.2) is 5.06 Å². The molecule has 78 valence electrons. The second kappa shape index (κ2) is 3.84. The number of amides is 1. The van der Waals surface area contributed by atoms with E-state index in [1.165, 1.54) is 0 Å². The van der Waals surface area contributed by atoms with Crippen LogP contribution in [0.4, 0.5) is 0 Å². The van der Waals surface area contributed by atoms with E-state index < -0.39 is 6.17 Å². The van der Waals surface area contributed by atoms with Gasteiger partial charge in [-0.05, 0) is 17.2 Å². The van der Waals surface area contributed by atoms with Crippen molar-refractivity contribution in [2.75, 3.05) is 6.54 Å². The van der Waals surface area contributed by atoms with Crippen molar-refractivity contribution < 1.29 is 10.0 Å². The largest absolute Gasteiger partial charge is 0.284 e. The van der Waals surface area contributed by atoms with Gasteiger partial charge >= 0.3 is 0 Å². The van der Waals surface area contributed by atoms with Crippen molar-refractivity contribution >= 4 is 12.0 Å². The SMILES string of the molecule is C=Cc1cccc(C2NCC(=O)N2O)c1. The van der Waals surface area contributed by atoms with Crippen LogP contribution in [0.25, 0.3) is 6.08 Å². The van der Waals surface area contributed by atoms with Crippen LogP contribution in [0.1, 0.15) is 17.3 Å². The Bertz CT molecular complexity index is 403. The maximum Gasteiger partial charge on any atom is 0.261 e. The zero-order chi connectivity index (χ0) is 10.8. The Kier molecular flexibility index (Phi) is 2.53. The summed E-state index contributed by atoms with van der Waals surface area (Å²) in [5.74, 6) is -0.316. The molecule has 1 atom stereocenters. The van der Waals surface area contributed by atoms with Gasteiger partial charge in [-0.3, -0.25) is 15.3 Å². The van der Waals surface area contributed by atoms with Gasteiger partial charge in [0.2, 0.25) is 0 Å². The zero-order valence-electron chi connectivity index (χ0n) is 8.18. The minimum atomic E-state index is -0.447. The Labute approximate surface area is 87.8 Å². The molecule has 0 aromatic heterocycles. The first kappa shape index (κ1) is 9.89. The molecule has 4 heteroatoms. The summed E-state index contributed by atoms with van der Waals surface area (Å²) in [5, 5.41) is 13.1. The van der Waals surface area contributed by atoms with E-state index in [9.17, 15) is 10.0 Å². The summed E-state index contributed by atoms with van der Waals surface area (Å²) in [5.41, 5.74) is 1.81. The summed E-state index contributed by atoms with van der Waals surface area (Å²) < 4.78 is 0. The third-order valence-corrected chi connectivity index (χ3v) is 2.41. The fourth-order valence-electron chi connectivity index (χ4n) is 1.61. The molecule has 1 aromatic carbocycles. The minimum absolute atomic E-state index is 0.166. The molecule has 1 fully saturated rings. The van der Waals surface area contributed by atoms with Crippen LogP contribution in [0.2, 0.25) is 0 Å². The molecule has 4 nitrogen and oxygen atoms in total. The van der Waals surface area contributed by atoms with Crippen LogP contribution in [-0.2, 0) is 4.79 Å². The highest BCUT2D eigenvalue weighted by atomic mass is 16.5. The van der Waals surface area contributed by atoms with Gasteiger partial charge in [0.15, 0.2) is 0 Å². The van der Waals surface area contributed by atoms with Crippen molar-refractivity contribution in [2.45, 2.75) is 6.17 Å². The maximum absolute atomic E-state index is 11.1. The Morgan fingerprint density at radius 3 is 3.00 bits per heavy atom. The molecule has 0 saturated carbocycles. The first-order valence-corrected chi connectivity index (χ1v) is 4.69. The number of carbonyl (C=O) groups excluding carboxylic acids is 1. The van der Waals surface area contributed by atoms with Gasteiger partial charge in [0.1, 0.15) is 6.17 Å². The van der Waals surface area contributed by atoms with E-state index in [1.54, 1.807) is 6.08 Å². The topological polar surface area (TPSA) is 52.6 Å². The van der Waals surface area contributed by atoms with Gasteiger partial charge in [-0.15, -0.1) is 0 Å². The van der Waals surface area contributed by atoms with Crippen LogP contribution >= 0.6 is 0 Å². The van der Waals surface area contributed by atoms with Crippen LogP contribution in [0.3, 0.4) is 0 Å². The fourth-order valence-corrected chi connectivity index (χ4v) is 1.61. The normalized spacial score (nSPS) is 20.7. The molecular formula is C11H12N2O2. The Morgan fingerprint density at radius 1 is 1.60 bits per heavy atom. The van der Waals surface area contributed by atoms with Gasteiger partial charge in [0.05, 0.1) is 6.54 Å². The molecule has 2 N–H and O–H groups in total. The average molecular weight is 204 g/mol. The number of rotatable bonds is 2. The Hall–Kier alpha value is -1.65. The van der Waals surface area contributed by atoms with Gasteiger partial charge in [0, 0.05) is 0 Å². The molecular weight excluding hydrogens is 192 g/mol. The van der Waals surface area contributed by atoms with Crippen molar-refractivity contribution in [1.82, 2.24) is 10.4 Å². The third kappa shape index (κ3) is 1.77. The number of hydrogen-bond acceptors (Lipinski definition) is 3. The molecule has 0 bridgehead atoms. The summed E-state index contributed by atoms with van der Waals surface area (Å²) in [6, 6.07) is 7.51. The van der Waals surface area contributed by atoms with E-state index in [0.717, 1.165) is 16.2 Å². The molecule has 0 spiro atoms. The van der Waals surface area contributed by atoms with E-state index in [-0.39, 0.29) is 12.5 Å². The number of hydroxylamine groups is 2. The standard InChI is InChI=1S/C11H12N2O2/c1-2-8-4-3-5-9(6-8)11-12-7-10(14)13(11)15/h2-6,11-12,15H,1,7H2. The lowest BCUT2D eigenvalue weighted by atomic mass is 10.1. The van der Waals surface area contributed by atoms with Gasteiger partial charge in [0.25, 0.3) is 5.91 Å². The summed E-state index contributed by atoms with van der Waals surface area (Å²) in [6.07, 6.45) is 1.28. The number of nitrogens with one attached hydrogen (secondary N) is 1. The number of carbonyl (C=O) groups is 1. The average Bonchev–Trinajstić information content (AvgIpc) is 2.60. The van der Waals surface area contributed by atoms with E-state index in [4.69, 9.17) is 0 Å². The molecule has 0 radical (unpaired) electrons. The van der Waals surface area contributed by atoms with E-state index in [0.29, 0.717) is 0 Å². The van der Waals surface area contributed by atoms with Crippen molar-refractivity contribution in [3.8, 4) is 0 Å². The summed E-state index contributed by atoms with van der Waals surface area (Å²) >= 11 is 0. The molecule has 1 saturated heterocycles. The lowest BCUT2D eigenvalue weighted by molar-refractivity contribution is -0.165. The van der Waals surface area contributed by atoms with Crippen molar-refractivity contribution in [2.24, 2.45) is 0 Å². The smallest absolute Gasteiger partial charge is 0.261 e. The highest BCUT2D eigenvalue weighted by molar-refractivity contribution is 5.79. The second-order valence-corrected chi connectivity index (χ2v) is 3.40. The minimum Gasteiger partial charge on any atom is -0.284 e. The first-order valence-electron chi connectivity index (χ1n) is 4.69. The quantitative estimate of drug-likeness (QED) is 0.710. The molecule has 15 heavy (non-hydrogen) atoms. The lowest BCUT2D eigenvalue weighted by Crippen LogP contribution is -2.26. The molecule has 0 aliphatic carbocycles. The highest BCUT2D eigenvalue weighted by Gasteiger charge is 2.30. The van der Waals surface area contributed by atoms with E-state index >= 15 is 0 Å². The second-order valence-electron chi connectivity index (χ2n) is 3.40. The number of benzene rings is 1. The van der Waals surface area contributed by atoms with E-state index in [1.807, 2.05) is 24.3 Å². The summed E-state index contributed by atoms with van der Waals surface area (Å²) in [4.78, 5) is 11.1. The lowest BCUT2D eigenvalue weighted by Gasteiger charge is -2.17. The van der Waals surface area contributed by atoms with Crippen LogP contribution in [-0.4, -0.2) is 22.7 Å². The summed E-state index contributed by atoms with van der Waals surface area (Å²) in [6.45, 7) is 3.84. The summed E-state index contributed by atoms with van der Waals surface area (Å²) in [7, 11) is 0. The molecule has 2 rings (SSSR count). The predicted molar refractivity (Wildman–Crippen MR) is 55.9 cm³/mol. The Morgan fingerprint density at radius 2 is 2.40 bits per heavy atom. The van der Waals surface area contributed by atoms with Gasteiger partial charge < -0.3 is 0 Å². The maximum atomic E-state index is 11.1. The third-order valence-electron chi connectivity index (χ3n) is 2.41. The van der Waals surface area contributed by atoms with Crippen molar-refractivity contribution in [1.29, 1.82) is 0 Å². The van der Waals surface area contributed by atoms with Crippen molar-refractivity contribution in [3.63, 3.8) is 0 Å². The predicted octanol–water partition coefficient (Wildman–Crippen LogP) is 1.15. The molecule has 1 amide bonds. The fraction of sp³-hybridized carbons (Fsp3) is 0.182. The monoisotopic (exact) mass is 204 g/mol. The van der Waals surface area contributed by atoms with Gasteiger partial charge in [-0.2, -0.15) is 0 Å². The van der Waals surface area contributed by atoms with Crippen LogP contribution < -0.4 is 5.32 Å². The van der Waals surface area contributed by atoms with Crippen LogP contribution in [0.15, 0.2) is 30.8 Å².